The molecule has 2 fully saturated rings. The second-order valence-electron chi connectivity index (χ2n) is 11.4. The predicted octanol–water partition coefficient (Wildman–Crippen LogP) is 9.70. The Morgan fingerprint density at radius 1 is 0.857 bits per heavy atom. The Hall–Kier alpha value is -3.31. The molecule has 0 spiro atoms. The maximum Gasteiger partial charge on any atom is 0.458 e. The van der Waals surface area contributed by atoms with E-state index in [0.717, 1.165) is 37.5 Å². The van der Waals surface area contributed by atoms with Gasteiger partial charge in [-0.25, -0.2) is 17.6 Å². The molecule has 2 unspecified atom stereocenters. The number of aryl methyl sites for hydroxylation is 1. The van der Waals surface area contributed by atoms with Crippen molar-refractivity contribution in [2.24, 2.45) is 17.8 Å². The minimum atomic E-state index is -4.92. The molecule has 42 heavy (non-hydrogen) atoms. The standard InChI is InChI=1S/C34H31F7O/c1-2-20-3-6-22(7-4-20)24-8-11-26(42-19-24)10-5-21-15-30(36)32(31(37)16-21)23-9-12-27-25(17-23)18-29(35)28(33(27)38)13-14-34(39,40)41/h2,9,12,15-18,20,22,24,26H,1,3-8,10-11,19H2. The molecule has 3 aromatic rings. The van der Waals surface area contributed by atoms with Crippen LogP contribution in [-0.4, -0.2) is 18.9 Å². The van der Waals surface area contributed by atoms with Crippen molar-refractivity contribution in [1.29, 1.82) is 0 Å². The van der Waals surface area contributed by atoms with Crippen molar-refractivity contribution in [2.45, 2.75) is 63.6 Å². The molecule has 2 aliphatic rings. The molecular formula is C34H31F7O. The van der Waals surface area contributed by atoms with Crippen LogP contribution in [-0.2, 0) is 11.2 Å². The Morgan fingerprint density at radius 2 is 1.55 bits per heavy atom. The van der Waals surface area contributed by atoms with Crippen molar-refractivity contribution in [3.63, 3.8) is 0 Å². The molecule has 3 aromatic carbocycles. The number of halogens is 7. The molecule has 1 aliphatic heterocycles. The number of alkyl halides is 3. The first-order valence-corrected chi connectivity index (χ1v) is 14.3. The highest BCUT2D eigenvalue weighted by molar-refractivity contribution is 5.89. The lowest BCUT2D eigenvalue weighted by Crippen LogP contribution is -2.32. The molecule has 222 valence electrons. The summed E-state index contributed by atoms with van der Waals surface area (Å²) >= 11 is 0. The van der Waals surface area contributed by atoms with E-state index in [9.17, 15) is 22.0 Å². The zero-order valence-corrected chi connectivity index (χ0v) is 23.0. The molecule has 1 nitrogen and oxygen atoms in total. The van der Waals surface area contributed by atoms with E-state index < -0.39 is 35.0 Å². The molecule has 1 heterocycles. The highest BCUT2D eigenvalue weighted by atomic mass is 19.4. The predicted molar refractivity (Wildman–Crippen MR) is 149 cm³/mol. The van der Waals surface area contributed by atoms with Crippen LogP contribution < -0.4 is 0 Å². The lowest BCUT2D eigenvalue weighted by atomic mass is 9.74. The molecule has 5 rings (SSSR count). The van der Waals surface area contributed by atoms with Gasteiger partial charge in [-0.05, 0) is 110 Å². The summed E-state index contributed by atoms with van der Waals surface area (Å²) in [6, 6.07) is 6.88. The second-order valence-corrected chi connectivity index (χ2v) is 11.4. The molecule has 1 saturated heterocycles. The van der Waals surface area contributed by atoms with Gasteiger partial charge in [-0.2, -0.15) is 13.2 Å². The Balaban J connectivity index is 1.25. The number of fused-ring (bicyclic) bond motifs is 1. The number of allylic oxidation sites excluding steroid dienone is 1. The summed E-state index contributed by atoms with van der Waals surface area (Å²) in [7, 11) is 0. The summed E-state index contributed by atoms with van der Waals surface area (Å²) in [4.78, 5) is 0. The van der Waals surface area contributed by atoms with Crippen LogP contribution >= 0.6 is 0 Å². The fourth-order valence-corrected chi connectivity index (χ4v) is 6.38. The van der Waals surface area contributed by atoms with Crippen molar-refractivity contribution >= 4 is 10.8 Å². The van der Waals surface area contributed by atoms with Gasteiger partial charge >= 0.3 is 6.18 Å². The number of hydrogen-bond donors (Lipinski definition) is 0. The quantitative estimate of drug-likeness (QED) is 0.158. The van der Waals surface area contributed by atoms with Crippen LogP contribution in [0.15, 0.2) is 49.1 Å². The Morgan fingerprint density at radius 3 is 2.17 bits per heavy atom. The Kier molecular flexibility index (Phi) is 8.98. The van der Waals surface area contributed by atoms with E-state index in [-0.39, 0.29) is 28.0 Å². The van der Waals surface area contributed by atoms with Gasteiger partial charge in [0.2, 0.25) is 0 Å². The molecule has 0 bridgehead atoms. The summed E-state index contributed by atoms with van der Waals surface area (Å²) in [5, 5.41) is -0.285. The van der Waals surface area contributed by atoms with Crippen LogP contribution in [0.5, 0.6) is 0 Å². The van der Waals surface area contributed by atoms with Gasteiger partial charge in [0.25, 0.3) is 0 Å². The summed E-state index contributed by atoms with van der Waals surface area (Å²) in [6.07, 6.45) is 5.06. The van der Waals surface area contributed by atoms with E-state index in [0.29, 0.717) is 36.2 Å². The van der Waals surface area contributed by atoms with Gasteiger partial charge in [-0.3, -0.25) is 0 Å². The topological polar surface area (TPSA) is 9.23 Å². The van der Waals surface area contributed by atoms with Gasteiger partial charge in [0.05, 0.1) is 23.8 Å². The molecular weight excluding hydrogens is 557 g/mol. The third-order valence-electron chi connectivity index (χ3n) is 8.73. The third kappa shape index (κ3) is 6.83. The van der Waals surface area contributed by atoms with Gasteiger partial charge in [0.1, 0.15) is 23.3 Å². The van der Waals surface area contributed by atoms with E-state index >= 15 is 8.78 Å². The number of ether oxygens (including phenoxy) is 1. The fraction of sp³-hybridized carbons (Fsp3) is 0.412. The summed E-state index contributed by atoms with van der Waals surface area (Å²) in [6.45, 7) is 4.63. The second kappa shape index (κ2) is 12.5. The molecule has 0 aromatic heterocycles. The summed E-state index contributed by atoms with van der Waals surface area (Å²) in [5.41, 5.74) is -0.860. The van der Waals surface area contributed by atoms with Gasteiger partial charge < -0.3 is 4.74 Å². The number of hydrogen-bond acceptors (Lipinski definition) is 1. The average Bonchev–Trinajstić information content (AvgIpc) is 2.95. The Bertz CT molecular complexity index is 1490. The number of rotatable bonds is 6. The third-order valence-corrected chi connectivity index (χ3v) is 8.73. The number of benzene rings is 3. The van der Waals surface area contributed by atoms with Crippen LogP contribution in [0.4, 0.5) is 30.7 Å². The summed E-state index contributed by atoms with van der Waals surface area (Å²) < 4.78 is 103. The fourth-order valence-electron chi connectivity index (χ4n) is 6.38. The van der Waals surface area contributed by atoms with E-state index in [2.05, 4.69) is 12.7 Å². The monoisotopic (exact) mass is 588 g/mol. The zero-order chi connectivity index (χ0) is 30.0. The van der Waals surface area contributed by atoms with Gasteiger partial charge in [-0.15, -0.1) is 6.58 Å². The van der Waals surface area contributed by atoms with Gasteiger partial charge in [-0.1, -0.05) is 24.1 Å². The smallest absolute Gasteiger partial charge is 0.378 e. The van der Waals surface area contributed by atoms with Crippen molar-refractivity contribution in [1.82, 2.24) is 0 Å². The van der Waals surface area contributed by atoms with Crippen LogP contribution in [0, 0.1) is 52.9 Å². The first kappa shape index (κ1) is 30.2. The first-order valence-electron chi connectivity index (χ1n) is 14.3. The highest BCUT2D eigenvalue weighted by Gasteiger charge is 2.31. The van der Waals surface area contributed by atoms with E-state index in [4.69, 9.17) is 4.74 Å². The molecule has 0 radical (unpaired) electrons. The van der Waals surface area contributed by atoms with Crippen molar-refractivity contribution in [3.8, 4) is 23.0 Å². The summed E-state index contributed by atoms with van der Waals surface area (Å²) in [5.74, 6) is -0.0174. The molecule has 2 atom stereocenters. The minimum absolute atomic E-state index is 0.0348. The first-order chi connectivity index (χ1) is 20.0. The molecule has 1 saturated carbocycles. The molecule has 0 amide bonds. The van der Waals surface area contributed by atoms with Crippen LogP contribution in [0.1, 0.15) is 56.1 Å². The largest absolute Gasteiger partial charge is 0.458 e. The van der Waals surface area contributed by atoms with Crippen LogP contribution in [0.3, 0.4) is 0 Å². The van der Waals surface area contributed by atoms with E-state index in [1.54, 1.807) is 0 Å². The highest BCUT2D eigenvalue weighted by Crippen LogP contribution is 2.39. The maximum absolute atomic E-state index is 15.2. The Labute approximate surface area is 240 Å². The zero-order valence-electron chi connectivity index (χ0n) is 23.0. The lowest BCUT2D eigenvalue weighted by molar-refractivity contribution is -0.0696. The van der Waals surface area contributed by atoms with E-state index in [1.165, 1.54) is 55.9 Å². The normalized spacial score (nSPS) is 22.9. The minimum Gasteiger partial charge on any atom is -0.378 e. The van der Waals surface area contributed by atoms with Crippen LogP contribution in [0.2, 0.25) is 0 Å². The van der Waals surface area contributed by atoms with Crippen molar-refractivity contribution in [3.05, 3.63) is 83.4 Å². The van der Waals surface area contributed by atoms with Crippen LogP contribution in [0.25, 0.3) is 21.9 Å². The van der Waals surface area contributed by atoms with Crippen molar-refractivity contribution < 1.29 is 35.5 Å². The molecule has 0 N–H and O–H groups in total. The SMILES string of the molecule is C=CC1CCC(C2CCC(CCc3cc(F)c(-c4ccc5c(F)c(C#CC(F)(F)F)c(F)cc5c4)c(F)c3)OC2)CC1. The molecule has 1 aliphatic carbocycles. The van der Waals surface area contributed by atoms with Crippen molar-refractivity contribution in [2.75, 3.05) is 6.61 Å². The lowest BCUT2D eigenvalue weighted by Gasteiger charge is -2.37. The maximum atomic E-state index is 15.2. The van der Waals surface area contributed by atoms with Gasteiger partial charge in [0, 0.05) is 11.3 Å². The average molecular weight is 589 g/mol. The van der Waals surface area contributed by atoms with E-state index in [1.807, 2.05) is 0 Å². The van der Waals surface area contributed by atoms with Gasteiger partial charge in [0.15, 0.2) is 0 Å². The molecule has 8 heteroatoms.